The summed E-state index contributed by atoms with van der Waals surface area (Å²) in [5.41, 5.74) is 2.69. The molecule has 1 amide bonds. The third-order valence-corrected chi connectivity index (χ3v) is 5.43. The molecule has 1 aliphatic rings. The number of nitrogens with one attached hydrogen (secondary N) is 1. The van der Waals surface area contributed by atoms with Gasteiger partial charge in [0.05, 0.1) is 6.04 Å². The fraction of sp³-hybridized carbons (Fsp3) is 0.360. The van der Waals surface area contributed by atoms with Crippen molar-refractivity contribution >= 4 is 5.91 Å². The van der Waals surface area contributed by atoms with Gasteiger partial charge < -0.3 is 15.0 Å². The lowest BCUT2D eigenvalue weighted by atomic mass is 9.96. The zero-order valence-corrected chi connectivity index (χ0v) is 18.0. The smallest absolute Gasteiger partial charge is 0.263 e. The lowest BCUT2D eigenvalue weighted by Crippen LogP contribution is -2.46. The maximum atomic E-state index is 12.3. The van der Waals surface area contributed by atoms with Crippen molar-refractivity contribution < 1.29 is 9.53 Å². The van der Waals surface area contributed by atoms with Crippen molar-refractivity contribution in [3.8, 4) is 6.07 Å². The number of benzene rings is 2. The van der Waals surface area contributed by atoms with Crippen LogP contribution in [-0.2, 0) is 9.53 Å². The number of carbonyl (C=O) groups excluding carboxylic acids is 1. The first-order valence-corrected chi connectivity index (χ1v) is 10.7. The van der Waals surface area contributed by atoms with Crippen LogP contribution in [0, 0.1) is 11.3 Å². The van der Waals surface area contributed by atoms with Crippen molar-refractivity contribution in [2.45, 2.75) is 12.5 Å². The van der Waals surface area contributed by atoms with Crippen LogP contribution in [0.2, 0.25) is 0 Å². The van der Waals surface area contributed by atoms with Gasteiger partial charge in [0.1, 0.15) is 11.6 Å². The summed E-state index contributed by atoms with van der Waals surface area (Å²) in [6, 6.07) is 23.3. The summed E-state index contributed by atoms with van der Waals surface area (Å²) in [7, 11) is 1.63. The quantitative estimate of drug-likeness (QED) is 0.385. The summed E-state index contributed by atoms with van der Waals surface area (Å²) in [6.07, 6.45) is 2.42. The minimum absolute atomic E-state index is 0.147. The first-order chi connectivity index (χ1) is 15.2. The molecule has 1 heterocycles. The van der Waals surface area contributed by atoms with Gasteiger partial charge in [0.2, 0.25) is 0 Å². The van der Waals surface area contributed by atoms with Crippen molar-refractivity contribution in [3.05, 3.63) is 83.6 Å². The van der Waals surface area contributed by atoms with E-state index in [0.29, 0.717) is 13.2 Å². The van der Waals surface area contributed by atoms with Crippen LogP contribution in [0.25, 0.3) is 0 Å². The van der Waals surface area contributed by atoms with Gasteiger partial charge in [0.25, 0.3) is 5.91 Å². The molecule has 0 aliphatic carbocycles. The number of nitrogens with zero attached hydrogens (tertiary/aromatic N) is 3. The Morgan fingerprint density at radius 3 is 2.16 bits per heavy atom. The number of piperazine rings is 1. The van der Waals surface area contributed by atoms with Gasteiger partial charge in [-0.25, -0.2) is 0 Å². The molecule has 31 heavy (non-hydrogen) atoms. The van der Waals surface area contributed by atoms with Gasteiger partial charge in [-0.2, -0.15) is 5.26 Å². The highest BCUT2D eigenvalue weighted by Crippen LogP contribution is 2.29. The van der Waals surface area contributed by atoms with Gasteiger partial charge in [-0.05, 0) is 17.5 Å². The van der Waals surface area contributed by atoms with E-state index in [1.807, 2.05) is 18.2 Å². The number of nitriles is 1. The monoisotopic (exact) mass is 418 g/mol. The van der Waals surface area contributed by atoms with Crippen molar-refractivity contribution in [3.63, 3.8) is 0 Å². The SMILES string of the molecule is COCCCNC(=O)/C(C#N)=C\N1CCN(C(c2ccccc2)c2ccccc2)CC1. The van der Waals surface area contributed by atoms with Gasteiger partial charge in [-0.1, -0.05) is 60.7 Å². The van der Waals surface area contributed by atoms with E-state index in [2.05, 4.69) is 63.6 Å². The van der Waals surface area contributed by atoms with E-state index in [1.165, 1.54) is 11.1 Å². The van der Waals surface area contributed by atoms with E-state index < -0.39 is 0 Å². The predicted molar refractivity (Wildman–Crippen MR) is 121 cm³/mol. The van der Waals surface area contributed by atoms with Crippen molar-refractivity contribution in [2.24, 2.45) is 0 Å². The van der Waals surface area contributed by atoms with Crippen LogP contribution < -0.4 is 5.32 Å². The average Bonchev–Trinajstić information content (AvgIpc) is 2.82. The van der Waals surface area contributed by atoms with Crippen molar-refractivity contribution in [1.82, 2.24) is 15.1 Å². The van der Waals surface area contributed by atoms with Gasteiger partial charge in [-0.15, -0.1) is 0 Å². The van der Waals surface area contributed by atoms with E-state index in [9.17, 15) is 10.1 Å². The summed E-state index contributed by atoms with van der Waals surface area (Å²) in [4.78, 5) is 16.8. The molecule has 0 spiro atoms. The molecule has 1 aliphatic heterocycles. The third kappa shape index (κ3) is 6.42. The highest BCUT2D eigenvalue weighted by molar-refractivity contribution is 5.97. The zero-order chi connectivity index (χ0) is 21.9. The summed E-state index contributed by atoms with van der Waals surface area (Å²) in [6.45, 7) is 4.29. The van der Waals surface area contributed by atoms with Gasteiger partial charge in [-0.3, -0.25) is 9.69 Å². The highest BCUT2D eigenvalue weighted by atomic mass is 16.5. The molecule has 162 valence electrons. The predicted octanol–water partition coefficient (Wildman–Crippen LogP) is 2.95. The second-order valence-electron chi connectivity index (χ2n) is 7.55. The van der Waals surface area contributed by atoms with Crippen LogP contribution in [0.5, 0.6) is 0 Å². The van der Waals surface area contributed by atoms with Crippen LogP contribution >= 0.6 is 0 Å². The summed E-state index contributed by atoms with van der Waals surface area (Å²) in [5.74, 6) is -0.326. The summed E-state index contributed by atoms with van der Waals surface area (Å²) >= 11 is 0. The molecule has 1 fully saturated rings. The van der Waals surface area contributed by atoms with E-state index in [4.69, 9.17) is 4.74 Å². The fourth-order valence-corrected chi connectivity index (χ4v) is 3.84. The Morgan fingerprint density at radius 2 is 1.65 bits per heavy atom. The highest BCUT2D eigenvalue weighted by Gasteiger charge is 2.26. The molecule has 0 aromatic heterocycles. The number of ether oxygens (including phenoxy) is 1. The minimum Gasteiger partial charge on any atom is -0.385 e. The molecular weight excluding hydrogens is 388 g/mol. The average molecular weight is 419 g/mol. The van der Waals surface area contributed by atoms with E-state index in [0.717, 1.165) is 32.6 Å². The normalized spacial score (nSPS) is 15.0. The van der Waals surface area contributed by atoms with Gasteiger partial charge in [0.15, 0.2) is 0 Å². The fourth-order valence-electron chi connectivity index (χ4n) is 3.84. The maximum absolute atomic E-state index is 12.3. The number of rotatable bonds is 9. The van der Waals surface area contributed by atoms with Crippen LogP contribution in [0.4, 0.5) is 0 Å². The maximum Gasteiger partial charge on any atom is 0.263 e. The van der Waals surface area contributed by atoms with Crippen LogP contribution in [0.3, 0.4) is 0 Å². The van der Waals surface area contributed by atoms with E-state index in [1.54, 1.807) is 13.3 Å². The molecule has 2 aromatic rings. The van der Waals surface area contributed by atoms with E-state index >= 15 is 0 Å². The lowest BCUT2D eigenvalue weighted by Gasteiger charge is -2.39. The Bertz CT molecular complexity index is 845. The number of hydrogen-bond donors (Lipinski definition) is 1. The minimum atomic E-state index is -0.326. The van der Waals surface area contributed by atoms with E-state index in [-0.39, 0.29) is 17.5 Å². The molecule has 3 rings (SSSR count). The molecule has 6 heteroatoms. The summed E-state index contributed by atoms with van der Waals surface area (Å²) < 4.78 is 4.98. The number of methoxy groups -OCH3 is 1. The Morgan fingerprint density at radius 1 is 1.06 bits per heavy atom. The first-order valence-electron chi connectivity index (χ1n) is 10.7. The molecule has 1 N–H and O–H groups in total. The molecule has 2 aromatic carbocycles. The molecule has 6 nitrogen and oxygen atoms in total. The van der Waals surface area contributed by atoms with Crippen LogP contribution in [-0.4, -0.2) is 62.1 Å². The Kier molecular flexibility index (Phi) is 8.65. The Labute approximate surface area is 184 Å². The molecule has 0 saturated carbocycles. The van der Waals surface area contributed by atoms with Crippen molar-refractivity contribution in [2.75, 3.05) is 46.4 Å². The molecule has 0 bridgehead atoms. The van der Waals surface area contributed by atoms with Crippen LogP contribution in [0.15, 0.2) is 72.4 Å². The molecule has 0 radical (unpaired) electrons. The van der Waals surface area contributed by atoms with Gasteiger partial charge >= 0.3 is 0 Å². The standard InChI is InChI=1S/C25H30N4O2/c1-31-18-8-13-27-25(30)23(19-26)20-28-14-16-29(17-15-28)24(21-9-4-2-5-10-21)22-11-6-3-7-12-22/h2-7,9-12,20,24H,8,13-18H2,1H3,(H,27,30)/b23-20-. The lowest BCUT2D eigenvalue weighted by molar-refractivity contribution is -0.117. The Balaban J connectivity index is 1.64. The van der Waals surface area contributed by atoms with Crippen LogP contribution in [0.1, 0.15) is 23.6 Å². The molecular formula is C25H30N4O2. The molecule has 1 saturated heterocycles. The molecule has 0 atom stereocenters. The van der Waals surface area contributed by atoms with Gasteiger partial charge in [0, 0.05) is 52.6 Å². The second-order valence-corrected chi connectivity index (χ2v) is 7.55. The number of amides is 1. The number of carbonyl (C=O) groups is 1. The molecule has 0 unspecified atom stereocenters. The Hall–Kier alpha value is -3.14. The second kappa shape index (κ2) is 11.9. The third-order valence-electron chi connectivity index (χ3n) is 5.43. The number of hydrogen-bond acceptors (Lipinski definition) is 5. The first kappa shape index (κ1) is 22.5. The van der Waals surface area contributed by atoms with Crippen molar-refractivity contribution in [1.29, 1.82) is 5.26 Å². The summed E-state index contributed by atoms with van der Waals surface area (Å²) in [5, 5.41) is 12.2. The topological polar surface area (TPSA) is 68.6 Å². The zero-order valence-electron chi connectivity index (χ0n) is 18.0. The largest absolute Gasteiger partial charge is 0.385 e.